The quantitative estimate of drug-likeness (QED) is 0.865. The molecule has 1 aromatic heterocycles. The van der Waals surface area contributed by atoms with Crippen LogP contribution in [0.5, 0.6) is 0 Å². The van der Waals surface area contributed by atoms with Crippen LogP contribution in [0.4, 0.5) is 5.69 Å². The fourth-order valence-corrected chi connectivity index (χ4v) is 3.52. The second kappa shape index (κ2) is 8.10. The Morgan fingerprint density at radius 1 is 1.31 bits per heavy atom. The van der Waals surface area contributed by atoms with Crippen molar-refractivity contribution >= 4 is 34.8 Å². The van der Waals surface area contributed by atoms with Crippen LogP contribution in [-0.4, -0.2) is 35.3 Å². The molecule has 0 aliphatic carbocycles. The van der Waals surface area contributed by atoms with Crippen molar-refractivity contribution in [1.29, 1.82) is 0 Å². The van der Waals surface area contributed by atoms with Crippen molar-refractivity contribution in [2.45, 2.75) is 19.8 Å². The summed E-state index contributed by atoms with van der Waals surface area (Å²) < 4.78 is 1.26. The van der Waals surface area contributed by atoms with E-state index in [2.05, 4.69) is 15.3 Å². The molecule has 2 heterocycles. The highest BCUT2D eigenvalue weighted by Gasteiger charge is 2.23. The zero-order valence-electron chi connectivity index (χ0n) is 14.4. The van der Waals surface area contributed by atoms with Gasteiger partial charge in [0.05, 0.1) is 17.6 Å². The lowest BCUT2D eigenvalue weighted by Gasteiger charge is -2.34. The van der Waals surface area contributed by atoms with Gasteiger partial charge in [-0.2, -0.15) is 9.78 Å². The molecule has 0 saturated carbocycles. The normalized spacial score (nSPS) is 17.2. The second-order valence-corrected chi connectivity index (χ2v) is 7.24. The van der Waals surface area contributed by atoms with E-state index in [0.717, 1.165) is 25.9 Å². The Labute approximate surface area is 161 Å². The minimum Gasteiger partial charge on any atom is -0.369 e. The number of halogens is 2. The van der Waals surface area contributed by atoms with Crippen LogP contribution in [0, 0.1) is 5.92 Å². The third kappa shape index (κ3) is 4.19. The molecule has 1 saturated heterocycles. The van der Waals surface area contributed by atoms with E-state index < -0.39 is 0 Å². The van der Waals surface area contributed by atoms with Crippen LogP contribution in [0.1, 0.15) is 19.8 Å². The van der Waals surface area contributed by atoms with Crippen LogP contribution in [0.15, 0.2) is 35.3 Å². The summed E-state index contributed by atoms with van der Waals surface area (Å²) in [5, 5.41) is 7.87. The first-order valence-corrected chi connectivity index (χ1v) is 9.24. The average Bonchev–Trinajstić information content (AvgIpc) is 2.63. The van der Waals surface area contributed by atoms with Crippen molar-refractivity contribution in [2.75, 3.05) is 24.5 Å². The largest absolute Gasteiger partial charge is 0.369 e. The Morgan fingerprint density at radius 3 is 2.73 bits per heavy atom. The third-order valence-electron chi connectivity index (χ3n) is 4.47. The molecule has 138 valence electrons. The number of hydrogen-bond donors (Lipinski definition) is 1. The Kier molecular flexibility index (Phi) is 5.84. The topological polar surface area (TPSA) is 67.2 Å². The van der Waals surface area contributed by atoms with Gasteiger partial charge in [-0.3, -0.25) is 9.59 Å². The van der Waals surface area contributed by atoms with E-state index in [9.17, 15) is 9.59 Å². The van der Waals surface area contributed by atoms with Crippen molar-refractivity contribution in [3.8, 4) is 5.69 Å². The summed E-state index contributed by atoms with van der Waals surface area (Å²) >= 11 is 12.3. The number of anilines is 1. The number of benzene rings is 1. The number of carbonyl (C=O) groups is 1. The van der Waals surface area contributed by atoms with E-state index in [1.54, 1.807) is 30.5 Å². The molecule has 1 aliphatic rings. The van der Waals surface area contributed by atoms with E-state index in [1.165, 1.54) is 11.6 Å². The van der Waals surface area contributed by atoms with Crippen molar-refractivity contribution in [2.24, 2.45) is 5.92 Å². The summed E-state index contributed by atoms with van der Waals surface area (Å²) in [6.07, 6.45) is 3.63. The Balaban J connectivity index is 1.82. The molecule has 1 atom stereocenters. The van der Waals surface area contributed by atoms with Crippen LogP contribution < -0.4 is 15.8 Å². The van der Waals surface area contributed by atoms with E-state index in [-0.39, 0.29) is 16.5 Å². The van der Waals surface area contributed by atoms with Gasteiger partial charge >= 0.3 is 0 Å². The standard InChI is InChI=1S/C18H20Cl2N4O2/c1-12(25)21-9-13-3-2-8-23(11-13)16-10-22-24(18(26)17(16)20)15-6-4-14(19)5-7-15/h4-7,10,13H,2-3,8-9,11H2,1H3,(H,21,25). The molecule has 1 N–H and O–H groups in total. The molecule has 1 amide bonds. The molecule has 0 bridgehead atoms. The second-order valence-electron chi connectivity index (χ2n) is 6.43. The molecule has 1 unspecified atom stereocenters. The van der Waals surface area contributed by atoms with E-state index in [4.69, 9.17) is 23.2 Å². The molecule has 2 aromatic rings. The summed E-state index contributed by atoms with van der Waals surface area (Å²) in [5.41, 5.74) is 0.875. The fourth-order valence-electron chi connectivity index (χ4n) is 3.15. The summed E-state index contributed by atoms with van der Waals surface area (Å²) in [6, 6.07) is 6.84. The summed E-state index contributed by atoms with van der Waals surface area (Å²) in [5.74, 6) is 0.287. The molecular formula is C18H20Cl2N4O2. The molecule has 0 spiro atoms. The van der Waals surface area contributed by atoms with Gasteiger partial charge in [0.2, 0.25) is 5.91 Å². The minimum atomic E-state index is -0.365. The fraction of sp³-hybridized carbons (Fsp3) is 0.389. The van der Waals surface area contributed by atoms with E-state index in [0.29, 0.717) is 28.9 Å². The Morgan fingerprint density at radius 2 is 2.04 bits per heavy atom. The van der Waals surface area contributed by atoms with Crippen molar-refractivity contribution < 1.29 is 4.79 Å². The summed E-state index contributed by atoms with van der Waals surface area (Å²) in [7, 11) is 0. The SMILES string of the molecule is CC(=O)NCC1CCCN(c2cnn(-c3ccc(Cl)cc3)c(=O)c2Cl)C1. The van der Waals surface area contributed by atoms with Crippen LogP contribution in [0.3, 0.4) is 0 Å². The monoisotopic (exact) mass is 394 g/mol. The number of nitrogens with one attached hydrogen (secondary N) is 1. The van der Waals surface area contributed by atoms with Gasteiger partial charge in [-0.25, -0.2) is 0 Å². The first-order valence-electron chi connectivity index (χ1n) is 8.49. The number of carbonyl (C=O) groups excluding carboxylic acids is 1. The van der Waals surface area contributed by atoms with Gasteiger partial charge in [-0.15, -0.1) is 0 Å². The maximum Gasteiger partial charge on any atom is 0.292 e. The van der Waals surface area contributed by atoms with Gasteiger partial charge in [0, 0.05) is 31.6 Å². The molecule has 1 aliphatic heterocycles. The lowest BCUT2D eigenvalue weighted by molar-refractivity contribution is -0.119. The highest BCUT2D eigenvalue weighted by Crippen LogP contribution is 2.27. The lowest BCUT2D eigenvalue weighted by Crippen LogP contribution is -2.41. The predicted molar refractivity (Wildman–Crippen MR) is 103 cm³/mol. The number of hydrogen-bond acceptors (Lipinski definition) is 4. The molecule has 0 radical (unpaired) electrons. The smallest absolute Gasteiger partial charge is 0.292 e. The summed E-state index contributed by atoms with van der Waals surface area (Å²) in [6.45, 7) is 3.67. The van der Waals surface area contributed by atoms with Crippen LogP contribution >= 0.6 is 23.2 Å². The number of rotatable bonds is 4. The number of nitrogens with zero attached hydrogens (tertiary/aromatic N) is 3. The molecule has 8 heteroatoms. The van der Waals surface area contributed by atoms with Gasteiger partial charge in [0.1, 0.15) is 5.02 Å². The first kappa shape index (κ1) is 18.7. The maximum atomic E-state index is 12.7. The number of amides is 1. The highest BCUT2D eigenvalue weighted by atomic mass is 35.5. The van der Waals surface area contributed by atoms with Gasteiger partial charge in [0.25, 0.3) is 5.56 Å². The zero-order valence-corrected chi connectivity index (χ0v) is 15.9. The molecule has 1 fully saturated rings. The number of aromatic nitrogens is 2. The Bertz CT molecular complexity index is 851. The van der Waals surface area contributed by atoms with Gasteiger partial charge in [-0.05, 0) is 43.0 Å². The minimum absolute atomic E-state index is 0.0348. The van der Waals surface area contributed by atoms with Gasteiger partial charge in [0.15, 0.2) is 0 Å². The molecular weight excluding hydrogens is 375 g/mol. The first-order chi connectivity index (χ1) is 12.5. The zero-order chi connectivity index (χ0) is 18.7. The molecule has 3 rings (SSSR count). The van der Waals surface area contributed by atoms with Gasteiger partial charge < -0.3 is 10.2 Å². The van der Waals surface area contributed by atoms with E-state index in [1.807, 2.05) is 0 Å². The van der Waals surface area contributed by atoms with Crippen molar-refractivity contribution in [3.63, 3.8) is 0 Å². The van der Waals surface area contributed by atoms with E-state index >= 15 is 0 Å². The van der Waals surface area contributed by atoms with Crippen LogP contribution in [0.2, 0.25) is 10.0 Å². The third-order valence-corrected chi connectivity index (χ3v) is 5.08. The predicted octanol–water partition coefficient (Wildman–Crippen LogP) is 2.89. The van der Waals surface area contributed by atoms with Crippen molar-refractivity contribution in [1.82, 2.24) is 15.1 Å². The highest BCUT2D eigenvalue weighted by molar-refractivity contribution is 6.33. The number of piperidine rings is 1. The Hall–Kier alpha value is -2.05. The van der Waals surface area contributed by atoms with Crippen LogP contribution in [-0.2, 0) is 4.79 Å². The van der Waals surface area contributed by atoms with Gasteiger partial charge in [-0.1, -0.05) is 23.2 Å². The maximum absolute atomic E-state index is 12.7. The summed E-state index contributed by atoms with van der Waals surface area (Å²) in [4.78, 5) is 25.9. The molecule has 6 nitrogen and oxygen atoms in total. The molecule has 1 aromatic carbocycles. The lowest BCUT2D eigenvalue weighted by atomic mass is 9.97. The molecule has 26 heavy (non-hydrogen) atoms. The van der Waals surface area contributed by atoms with Crippen LogP contribution in [0.25, 0.3) is 5.69 Å². The average molecular weight is 395 g/mol. The van der Waals surface area contributed by atoms with Crippen molar-refractivity contribution in [3.05, 3.63) is 50.9 Å².